The molecule has 0 aliphatic rings. The number of aromatic amines is 1. The summed E-state index contributed by atoms with van der Waals surface area (Å²) in [5.74, 6) is 0. The molecule has 0 bridgehead atoms. The van der Waals surface area contributed by atoms with Crippen LogP contribution in [0, 0.1) is 0 Å². The van der Waals surface area contributed by atoms with Crippen LogP contribution in [0.25, 0.3) is 10.8 Å². The fourth-order valence-electron chi connectivity index (χ4n) is 1.60. The molecule has 5 heteroatoms. The number of carbonyl (C=O) groups excluding carboxylic acids is 1. The van der Waals surface area contributed by atoms with Gasteiger partial charge in [0.05, 0.1) is 0 Å². The van der Waals surface area contributed by atoms with Crippen molar-refractivity contribution in [2.24, 2.45) is 5.73 Å². The van der Waals surface area contributed by atoms with E-state index in [9.17, 15) is 9.59 Å². The van der Waals surface area contributed by atoms with Crippen molar-refractivity contribution in [2.75, 3.05) is 0 Å². The lowest BCUT2D eigenvalue weighted by Gasteiger charge is -2.05. The monoisotopic (exact) mass is 217 g/mol. The van der Waals surface area contributed by atoms with Gasteiger partial charge < -0.3 is 16.0 Å². The maximum Gasteiger partial charge on any atom is 0.312 e. The number of hydrogen-bond donors (Lipinski definition) is 3. The number of fused-ring (bicyclic) bond motifs is 1. The van der Waals surface area contributed by atoms with Gasteiger partial charge in [-0.05, 0) is 17.0 Å². The molecule has 1 aromatic carbocycles. The highest BCUT2D eigenvalue weighted by Crippen LogP contribution is 2.13. The number of aromatic nitrogens is 1. The van der Waals surface area contributed by atoms with E-state index in [1.54, 1.807) is 18.3 Å². The molecule has 0 radical (unpaired) electrons. The van der Waals surface area contributed by atoms with E-state index in [-0.39, 0.29) is 5.56 Å². The van der Waals surface area contributed by atoms with Gasteiger partial charge in [-0.3, -0.25) is 4.79 Å². The molecule has 2 aromatic rings. The molecule has 0 spiro atoms. The van der Waals surface area contributed by atoms with Gasteiger partial charge in [0, 0.05) is 18.1 Å². The van der Waals surface area contributed by atoms with Crippen LogP contribution in [0.1, 0.15) is 5.56 Å². The quantitative estimate of drug-likeness (QED) is 0.691. The Labute approximate surface area is 91.3 Å². The van der Waals surface area contributed by atoms with Gasteiger partial charge in [-0.25, -0.2) is 4.79 Å². The molecular weight excluding hydrogens is 206 g/mol. The van der Waals surface area contributed by atoms with Crippen LogP contribution < -0.4 is 16.6 Å². The first kappa shape index (κ1) is 10.2. The van der Waals surface area contributed by atoms with Gasteiger partial charge in [0.15, 0.2) is 0 Å². The van der Waals surface area contributed by atoms with E-state index in [4.69, 9.17) is 5.73 Å². The number of pyridine rings is 1. The minimum Gasteiger partial charge on any atom is -0.352 e. The lowest BCUT2D eigenvalue weighted by molar-refractivity contribution is 0.248. The van der Waals surface area contributed by atoms with Crippen molar-refractivity contribution in [1.29, 1.82) is 0 Å². The zero-order valence-corrected chi connectivity index (χ0v) is 8.49. The molecule has 0 unspecified atom stereocenters. The predicted octanol–water partition coefficient (Wildman–Crippen LogP) is 0.696. The van der Waals surface area contributed by atoms with Gasteiger partial charge >= 0.3 is 6.03 Å². The zero-order chi connectivity index (χ0) is 11.5. The summed E-state index contributed by atoms with van der Waals surface area (Å²) in [5, 5.41) is 3.91. The van der Waals surface area contributed by atoms with Crippen LogP contribution in [0.5, 0.6) is 0 Å². The summed E-state index contributed by atoms with van der Waals surface area (Å²) in [6.45, 7) is 0.298. The summed E-state index contributed by atoms with van der Waals surface area (Å²) >= 11 is 0. The summed E-state index contributed by atoms with van der Waals surface area (Å²) in [6.07, 6.45) is 1.58. The predicted molar refractivity (Wildman–Crippen MR) is 61.0 cm³/mol. The number of nitrogens with two attached hydrogens (primary N) is 1. The van der Waals surface area contributed by atoms with E-state index in [1.165, 1.54) is 0 Å². The normalized spacial score (nSPS) is 10.2. The van der Waals surface area contributed by atoms with Crippen LogP contribution in [0.2, 0.25) is 0 Å². The third-order valence-corrected chi connectivity index (χ3v) is 2.35. The molecule has 2 amide bonds. The number of primary amides is 1. The number of H-pyrrole nitrogens is 1. The molecule has 0 aliphatic carbocycles. The standard InChI is InChI=1S/C11H11N3O2/c12-11(16)14-6-7-5-13-10(15)9-4-2-1-3-8(7)9/h1-5H,6H2,(H,13,15)(H3,12,14,16). The average molecular weight is 217 g/mol. The lowest BCUT2D eigenvalue weighted by Crippen LogP contribution is -2.29. The average Bonchev–Trinajstić information content (AvgIpc) is 2.28. The highest BCUT2D eigenvalue weighted by atomic mass is 16.2. The van der Waals surface area contributed by atoms with Gasteiger partial charge in [0.2, 0.25) is 0 Å². The SMILES string of the molecule is NC(=O)NCc1c[nH]c(=O)c2ccccc12. The van der Waals surface area contributed by atoms with Crippen LogP contribution in [-0.4, -0.2) is 11.0 Å². The third kappa shape index (κ3) is 1.88. The summed E-state index contributed by atoms with van der Waals surface area (Å²) in [7, 11) is 0. The Balaban J connectivity index is 2.50. The number of urea groups is 1. The van der Waals surface area contributed by atoms with Crippen molar-refractivity contribution in [1.82, 2.24) is 10.3 Å². The Kier molecular flexibility index (Phi) is 2.59. The number of amides is 2. The fraction of sp³-hybridized carbons (Fsp3) is 0.0909. The minimum absolute atomic E-state index is 0.140. The minimum atomic E-state index is -0.588. The molecule has 1 aromatic heterocycles. The number of benzene rings is 1. The van der Waals surface area contributed by atoms with Gasteiger partial charge in [0.1, 0.15) is 0 Å². The molecule has 5 nitrogen and oxygen atoms in total. The Bertz CT molecular complexity index is 589. The molecule has 0 atom stereocenters. The molecule has 0 fully saturated rings. The van der Waals surface area contributed by atoms with Crippen LogP contribution in [-0.2, 0) is 6.54 Å². The summed E-state index contributed by atoms with van der Waals surface area (Å²) < 4.78 is 0. The van der Waals surface area contributed by atoms with Crippen molar-refractivity contribution in [2.45, 2.75) is 6.54 Å². The van der Waals surface area contributed by atoms with E-state index in [0.717, 1.165) is 10.9 Å². The van der Waals surface area contributed by atoms with Crippen LogP contribution in [0.3, 0.4) is 0 Å². The smallest absolute Gasteiger partial charge is 0.312 e. The zero-order valence-electron chi connectivity index (χ0n) is 8.49. The highest BCUT2D eigenvalue weighted by molar-refractivity contribution is 5.84. The van der Waals surface area contributed by atoms with E-state index in [0.29, 0.717) is 11.9 Å². The highest BCUT2D eigenvalue weighted by Gasteiger charge is 2.04. The second-order valence-corrected chi connectivity index (χ2v) is 3.41. The number of nitrogens with one attached hydrogen (secondary N) is 2. The Morgan fingerprint density at radius 1 is 1.31 bits per heavy atom. The van der Waals surface area contributed by atoms with Crippen molar-refractivity contribution in [3.05, 3.63) is 46.4 Å². The van der Waals surface area contributed by atoms with Crippen molar-refractivity contribution in [3.63, 3.8) is 0 Å². The topological polar surface area (TPSA) is 88.0 Å². The van der Waals surface area contributed by atoms with Gasteiger partial charge in [-0.1, -0.05) is 18.2 Å². The molecule has 2 rings (SSSR count). The molecular formula is C11H11N3O2. The molecule has 4 N–H and O–H groups in total. The first-order valence-electron chi connectivity index (χ1n) is 4.81. The van der Waals surface area contributed by atoms with Crippen LogP contribution >= 0.6 is 0 Å². The maximum atomic E-state index is 11.5. The van der Waals surface area contributed by atoms with Gasteiger partial charge in [0.25, 0.3) is 5.56 Å². The number of rotatable bonds is 2. The van der Waals surface area contributed by atoms with E-state index in [1.807, 2.05) is 12.1 Å². The van der Waals surface area contributed by atoms with Crippen molar-refractivity contribution < 1.29 is 4.79 Å². The summed E-state index contributed by atoms with van der Waals surface area (Å²) in [5.41, 5.74) is 5.68. The summed E-state index contributed by atoms with van der Waals surface area (Å²) in [4.78, 5) is 24.7. The second-order valence-electron chi connectivity index (χ2n) is 3.41. The maximum absolute atomic E-state index is 11.5. The molecule has 1 heterocycles. The van der Waals surface area contributed by atoms with Crippen molar-refractivity contribution >= 4 is 16.8 Å². The van der Waals surface area contributed by atoms with Crippen LogP contribution in [0.15, 0.2) is 35.3 Å². The van der Waals surface area contributed by atoms with E-state index < -0.39 is 6.03 Å². The molecule has 0 aliphatic heterocycles. The van der Waals surface area contributed by atoms with E-state index >= 15 is 0 Å². The molecule has 0 saturated heterocycles. The summed E-state index contributed by atoms with van der Waals surface area (Å²) in [6, 6.07) is 6.62. The molecule has 16 heavy (non-hydrogen) atoms. The van der Waals surface area contributed by atoms with Crippen molar-refractivity contribution in [3.8, 4) is 0 Å². The van der Waals surface area contributed by atoms with E-state index in [2.05, 4.69) is 10.3 Å². The van der Waals surface area contributed by atoms with Crippen LogP contribution in [0.4, 0.5) is 4.79 Å². The number of hydrogen-bond acceptors (Lipinski definition) is 2. The largest absolute Gasteiger partial charge is 0.352 e. The Morgan fingerprint density at radius 3 is 2.69 bits per heavy atom. The third-order valence-electron chi connectivity index (χ3n) is 2.35. The fourth-order valence-corrected chi connectivity index (χ4v) is 1.60. The first-order chi connectivity index (χ1) is 7.68. The van der Waals surface area contributed by atoms with Gasteiger partial charge in [-0.15, -0.1) is 0 Å². The number of carbonyl (C=O) groups is 1. The Hall–Kier alpha value is -2.30. The lowest BCUT2D eigenvalue weighted by atomic mass is 10.1. The first-order valence-corrected chi connectivity index (χ1v) is 4.81. The second kappa shape index (κ2) is 4.06. The molecule has 0 saturated carbocycles. The van der Waals surface area contributed by atoms with Gasteiger partial charge in [-0.2, -0.15) is 0 Å². The molecule has 82 valence electrons. The Morgan fingerprint density at radius 2 is 2.00 bits per heavy atom.